The highest BCUT2D eigenvalue weighted by atomic mass is 32.2. The number of nitrogens with one attached hydrogen (secondary N) is 4. The Morgan fingerprint density at radius 1 is 0.939 bits per heavy atom. The topological polar surface area (TPSA) is 125 Å². The van der Waals surface area contributed by atoms with Gasteiger partial charge in [-0.05, 0) is 80.6 Å². The molecule has 2 aromatic heterocycles. The van der Waals surface area contributed by atoms with Crippen LogP contribution >= 0.6 is 23.1 Å². The number of benzene rings is 4. The molecule has 0 saturated carbocycles. The summed E-state index contributed by atoms with van der Waals surface area (Å²) in [5.74, 6) is -0.298. The molecule has 4 N–H and O–H groups in total. The third-order valence-corrected chi connectivity index (χ3v) is 9.27. The van der Waals surface area contributed by atoms with Crippen LogP contribution in [0.25, 0.3) is 28.2 Å². The fourth-order valence-electron chi connectivity index (χ4n) is 4.97. The number of aromatic amines is 1. The molecule has 0 aliphatic carbocycles. The number of hydrogen-bond donors (Lipinski definition) is 4. The van der Waals surface area contributed by atoms with Crippen molar-refractivity contribution in [3.05, 3.63) is 132 Å². The number of anilines is 2. The average molecular weight is 688 g/mol. The van der Waals surface area contributed by atoms with Crippen LogP contribution in [-0.4, -0.2) is 39.5 Å². The summed E-state index contributed by atoms with van der Waals surface area (Å²) in [6.45, 7) is 4.35. The van der Waals surface area contributed by atoms with E-state index in [0.717, 1.165) is 38.4 Å². The zero-order valence-electron chi connectivity index (χ0n) is 26.7. The summed E-state index contributed by atoms with van der Waals surface area (Å²) >= 11 is 2.71. The molecule has 0 spiro atoms. The number of para-hydroxylation sites is 1. The largest absolute Gasteiger partial charge is 0.494 e. The Morgan fingerprint density at radius 3 is 2.51 bits per heavy atom. The number of H-pyrrole nitrogens is 1. The molecule has 0 aliphatic heterocycles. The van der Waals surface area contributed by atoms with Gasteiger partial charge < -0.3 is 25.7 Å². The molecule has 0 bridgehead atoms. The van der Waals surface area contributed by atoms with Crippen molar-refractivity contribution >= 4 is 68.6 Å². The zero-order valence-corrected chi connectivity index (χ0v) is 28.4. The highest BCUT2D eigenvalue weighted by Gasteiger charge is 2.19. The van der Waals surface area contributed by atoms with E-state index in [1.165, 1.54) is 23.1 Å². The van der Waals surface area contributed by atoms with E-state index in [1.807, 2.05) is 79.9 Å². The molecule has 0 saturated heterocycles. The SMILES string of the molecule is CCOc1ccc(-c2csc(NC(=O)C(C)Sc3cccc(NC(=O)/C(=C/c4c[nH]c5ccccc45)NC(=O)c4ccccc4)c3)n2)cc1. The zero-order chi connectivity index (χ0) is 34.2. The van der Waals surface area contributed by atoms with Gasteiger partial charge in [-0.3, -0.25) is 14.4 Å². The van der Waals surface area contributed by atoms with Crippen molar-refractivity contribution in [2.24, 2.45) is 0 Å². The fraction of sp³-hybridized carbons (Fsp3) is 0.105. The maximum atomic E-state index is 13.6. The summed E-state index contributed by atoms with van der Waals surface area (Å²) in [6, 6.07) is 31.3. The number of nitrogens with zero attached hydrogens (tertiary/aromatic N) is 1. The molecule has 0 radical (unpaired) electrons. The number of carbonyl (C=O) groups is 3. The van der Waals surface area contributed by atoms with Gasteiger partial charge in [-0.15, -0.1) is 23.1 Å². The van der Waals surface area contributed by atoms with Gasteiger partial charge in [0.2, 0.25) is 5.91 Å². The van der Waals surface area contributed by atoms with Gasteiger partial charge in [-0.25, -0.2) is 4.98 Å². The van der Waals surface area contributed by atoms with E-state index < -0.39 is 17.1 Å². The standard InChI is InChI=1S/C38H33N5O4S2/c1-3-47-29-18-16-25(17-19-29)34-23-48-38(42-34)43-35(44)24(2)49-30-13-9-12-28(21-30)40-37(46)33(41-36(45)26-10-5-4-6-11-26)20-27-22-39-32-15-8-7-14-31(27)32/h4-24,39H,3H2,1-2H3,(H,40,46)(H,41,45)(H,42,43,44)/b33-20-. The minimum Gasteiger partial charge on any atom is -0.494 e. The second-order valence-electron chi connectivity index (χ2n) is 10.9. The van der Waals surface area contributed by atoms with Gasteiger partial charge in [-0.1, -0.05) is 42.5 Å². The fourth-order valence-corrected chi connectivity index (χ4v) is 6.62. The Bertz CT molecular complexity index is 2120. The van der Waals surface area contributed by atoms with E-state index in [9.17, 15) is 14.4 Å². The first-order valence-corrected chi connectivity index (χ1v) is 17.3. The van der Waals surface area contributed by atoms with Crippen molar-refractivity contribution in [2.45, 2.75) is 24.0 Å². The molecule has 0 aliphatic rings. The van der Waals surface area contributed by atoms with Crippen molar-refractivity contribution in [3.8, 4) is 17.0 Å². The maximum absolute atomic E-state index is 13.6. The predicted molar refractivity (Wildman–Crippen MR) is 198 cm³/mol. The van der Waals surface area contributed by atoms with E-state index in [-0.39, 0.29) is 11.6 Å². The van der Waals surface area contributed by atoms with Gasteiger partial charge in [0.25, 0.3) is 11.8 Å². The Morgan fingerprint density at radius 2 is 1.71 bits per heavy atom. The molecule has 3 amide bonds. The van der Waals surface area contributed by atoms with Crippen LogP contribution in [0.1, 0.15) is 29.8 Å². The summed E-state index contributed by atoms with van der Waals surface area (Å²) in [4.78, 5) is 48.4. The minimum absolute atomic E-state index is 0.0810. The number of ether oxygens (including phenoxy) is 1. The second-order valence-corrected chi connectivity index (χ2v) is 13.2. The molecule has 1 unspecified atom stereocenters. The predicted octanol–water partition coefficient (Wildman–Crippen LogP) is 8.22. The van der Waals surface area contributed by atoms with Crippen LogP contribution in [0.15, 0.2) is 125 Å². The molecule has 2 heterocycles. The first kappa shape index (κ1) is 33.3. The van der Waals surface area contributed by atoms with Gasteiger partial charge in [-0.2, -0.15) is 0 Å². The summed E-state index contributed by atoms with van der Waals surface area (Å²) in [6.07, 6.45) is 3.45. The lowest BCUT2D eigenvalue weighted by Crippen LogP contribution is -2.30. The number of thiazole rings is 1. The summed E-state index contributed by atoms with van der Waals surface area (Å²) in [5, 5.41) is 11.5. The summed E-state index contributed by atoms with van der Waals surface area (Å²) in [7, 11) is 0. The Labute approximate surface area is 291 Å². The monoisotopic (exact) mass is 687 g/mol. The molecule has 0 fully saturated rings. The molecule has 6 rings (SSSR count). The molecule has 6 aromatic rings. The van der Waals surface area contributed by atoms with Crippen molar-refractivity contribution in [1.82, 2.24) is 15.3 Å². The molecular formula is C38H33N5O4S2. The van der Waals surface area contributed by atoms with E-state index in [4.69, 9.17) is 4.74 Å². The number of fused-ring (bicyclic) bond motifs is 1. The van der Waals surface area contributed by atoms with Gasteiger partial charge in [0.05, 0.1) is 17.6 Å². The van der Waals surface area contributed by atoms with Crippen LogP contribution in [0.5, 0.6) is 5.75 Å². The molecule has 1 atom stereocenters. The van der Waals surface area contributed by atoms with Gasteiger partial charge in [0.15, 0.2) is 5.13 Å². The van der Waals surface area contributed by atoms with Gasteiger partial charge in [0, 0.05) is 49.8 Å². The lowest BCUT2D eigenvalue weighted by Gasteiger charge is -2.13. The third kappa shape index (κ3) is 8.45. The number of thioether (sulfide) groups is 1. The van der Waals surface area contributed by atoms with E-state index >= 15 is 0 Å². The van der Waals surface area contributed by atoms with Crippen LogP contribution in [-0.2, 0) is 9.59 Å². The van der Waals surface area contributed by atoms with E-state index in [1.54, 1.807) is 54.7 Å². The number of rotatable bonds is 12. The maximum Gasteiger partial charge on any atom is 0.272 e. The van der Waals surface area contributed by atoms with Crippen LogP contribution in [0, 0.1) is 0 Å². The van der Waals surface area contributed by atoms with Gasteiger partial charge in [0.1, 0.15) is 11.4 Å². The highest BCUT2D eigenvalue weighted by molar-refractivity contribution is 8.00. The van der Waals surface area contributed by atoms with Crippen LogP contribution in [0.4, 0.5) is 10.8 Å². The minimum atomic E-state index is -0.491. The smallest absolute Gasteiger partial charge is 0.272 e. The highest BCUT2D eigenvalue weighted by Crippen LogP contribution is 2.30. The summed E-state index contributed by atoms with van der Waals surface area (Å²) < 4.78 is 5.51. The van der Waals surface area contributed by atoms with Crippen molar-refractivity contribution in [1.29, 1.82) is 0 Å². The quantitative estimate of drug-likeness (QED) is 0.0759. The lowest BCUT2D eigenvalue weighted by atomic mass is 10.1. The molecule has 4 aromatic carbocycles. The molecular weight excluding hydrogens is 655 g/mol. The molecule has 9 nitrogen and oxygen atoms in total. The second kappa shape index (κ2) is 15.5. The first-order chi connectivity index (χ1) is 23.9. The van der Waals surface area contributed by atoms with Gasteiger partial charge >= 0.3 is 0 Å². The van der Waals surface area contributed by atoms with Crippen molar-refractivity contribution in [3.63, 3.8) is 0 Å². The number of hydrogen-bond acceptors (Lipinski definition) is 7. The first-order valence-electron chi connectivity index (χ1n) is 15.6. The Balaban J connectivity index is 1.12. The van der Waals surface area contributed by atoms with E-state index in [2.05, 4.69) is 25.9 Å². The average Bonchev–Trinajstić information content (AvgIpc) is 3.76. The number of aromatic nitrogens is 2. The van der Waals surface area contributed by atoms with Crippen molar-refractivity contribution < 1.29 is 19.1 Å². The van der Waals surface area contributed by atoms with Crippen LogP contribution in [0.3, 0.4) is 0 Å². The van der Waals surface area contributed by atoms with Crippen LogP contribution < -0.4 is 20.7 Å². The Hall–Kier alpha value is -5.65. The van der Waals surface area contributed by atoms with Crippen molar-refractivity contribution in [2.75, 3.05) is 17.2 Å². The normalized spacial score (nSPS) is 11.9. The third-order valence-electron chi connectivity index (χ3n) is 7.42. The Kier molecular flexibility index (Phi) is 10.5. The van der Waals surface area contributed by atoms with Crippen LogP contribution in [0.2, 0.25) is 0 Å². The number of carbonyl (C=O) groups excluding carboxylic acids is 3. The number of amides is 3. The lowest BCUT2D eigenvalue weighted by molar-refractivity contribution is -0.115. The molecule has 11 heteroatoms. The summed E-state index contributed by atoms with van der Waals surface area (Å²) in [5.41, 5.74) is 4.39. The molecule has 246 valence electrons. The van der Waals surface area contributed by atoms with E-state index in [0.29, 0.717) is 23.0 Å². The molecule has 49 heavy (non-hydrogen) atoms.